The highest BCUT2D eigenvalue weighted by Gasteiger charge is 2.15. The first kappa shape index (κ1) is 23.0. The normalized spacial score (nSPS) is 9.93. The molecule has 2 aromatic heterocycles. The van der Waals surface area contributed by atoms with E-state index in [2.05, 4.69) is 10.2 Å². The van der Waals surface area contributed by atoms with Crippen molar-refractivity contribution in [2.45, 2.75) is 27.7 Å². The van der Waals surface area contributed by atoms with Crippen molar-refractivity contribution in [3.05, 3.63) is 23.5 Å². The van der Waals surface area contributed by atoms with Crippen LogP contribution in [0.2, 0.25) is 0 Å². The molecular weight excluding hydrogens is 368 g/mol. The van der Waals surface area contributed by atoms with Crippen molar-refractivity contribution in [2.24, 2.45) is 14.1 Å². The molecule has 10 nitrogen and oxygen atoms in total. The van der Waals surface area contributed by atoms with Gasteiger partial charge in [0.2, 0.25) is 11.8 Å². The van der Waals surface area contributed by atoms with Gasteiger partial charge in [0.25, 0.3) is 0 Å². The molecule has 156 valence electrons. The van der Waals surface area contributed by atoms with Crippen LogP contribution in [0.1, 0.15) is 48.7 Å². The fraction of sp³-hybridized carbons (Fsp3) is 0.556. The molecule has 0 aliphatic heterocycles. The minimum absolute atomic E-state index is 0.276. The van der Waals surface area contributed by atoms with Gasteiger partial charge in [0.1, 0.15) is 5.69 Å². The molecule has 0 spiro atoms. The maximum absolute atomic E-state index is 11.3. The molecule has 0 atom stereocenters. The van der Waals surface area contributed by atoms with Crippen LogP contribution < -0.4 is 9.47 Å². The Morgan fingerprint density at radius 2 is 1.43 bits per heavy atom. The lowest BCUT2D eigenvalue weighted by Gasteiger charge is -1.99. The molecule has 0 fully saturated rings. The zero-order valence-electron chi connectivity index (χ0n) is 17.2. The van der Waals surface area contributed by atoms with Gasteiger partial charge in [-0.15, -0.1) is 5.10 Å². The standard InChI is InChI=1S/2C9H14N2O3/c1-4-13-8-6-7(11(3)10-8)9(12)14-5-2;1-4-13-8-6-7(10-11(8)3)9(12)14-5-2/h2*6H,4-5H2,1-3H3. The summed E-state index contributed by atoms with van der Waals surface area (Å²) in [6, 6.07) is 3.14. The topological polar surface area (TPSA) is 107 Å². The SMILES string of the molecule is CCOC(=O)c1cc(OCC)n(C)n1.CCOC(=O)c1cc(OCC)nn1C. The number of rotatable bonds is 8. The van der Waals surface area contributed by atoms with Crippen LogP contribution in [0.15, 0.2) is 12.1 Å². The van der Waals surface area contributed by atoms with Crippen LogP contribution in [-0.2, 0) is 23.6 Å². The lowest BCUT2D eigenvalue weighted by molar-refractivity contribution is 0.0506. The summed E-state index contributed by atoms with van der Waals surface area (Å²) < 4.78 is 23.0. The molecule has 0 N–H and O–H groups in total. The smallest absolute Gasteiger partial charge is 0.358 e. The van der Waals surface area contributed by atoms with Crippen molar-refractivity contribution in [2.75, 3.05) is 26.4 Å². The Hall–Kier alpha value is -3.04. The second-order valence-electron chi connectivity index (χ2n) is 5.29. The number of carbonyl (C=O) groups excluding carboxylic acids is 2. The summed E-state index contributed by atoms with van der Waals surface area (Å²) in [5.41, 5.74) is 0.674. The molecule has 2 aromatic rings. The van der Waals surface area contributed by atoms with Crippen LogP contribution in [0.5, 0.6) is 11.8 Å². The van der Waals surface area contributed by atoms with Gasteiger partial charge in [-0.25, -0.2) is 14.3 Å². The summed E-state index contributed by atoms with van der Waals surface area (Å²) in [6.45, 7) is 9.02. The third kappa shape index (κ3) is 6.60. The van der Waals surface area contributed by atoms with Crippen molar-refractivity contribution in [1.29, 1.82) is 0 Å². The Morgan fingerprint density at radius 1 is 0.821 bits per heavy atom. The Bertz CT molecular complexity index is 768. The Morgan fingerprint density at radius 3 is 2.00 bits per heavy atom. The summed E-state index contributed by atoms with van der Waals surface area (Å²) in [7, 11) is 3.39. The summed E-state index contributed by atoms with van der Waals surface area (Å²) in [4.78, 5) is 22.6. The third-order valence-corrected chi connectivity index (χ3v) is 3.25. The van der Waals surface area contributed by atoms with Crippen molar-refractivity contribution in [1.82, 2.24) is 19.6 Å². The lowest BCUT2D eigenvalue weighted by Crippen LogP contribution is -2.10. The Balaban J connectivity index is 0.000000280. The second kappa shape index (κ2) is 11.6. The van der Waals surface area contributed by atoms with Gasteiger partial charge in [-0.05, 0) is 27.7 Å². The largest absolute Gasteiger partial charge is 0.478 e. The van der Waals surface area contributed by atoms with E-state index in [1.165, 1.54) is 9.36 Å². The second-order valence-corrected chi connectivity index (χ2v) is 5.29. The maximum Gasteiger partial charge on any atom is 0.358 e. The third-order valence-electron chi connectivity index (χ3n) is 3.25. The van der Waals surface area contributed by atoms with Crippen LogP contribution in [0.4, 0.5) is 0 Å². The van der Waals surface area contributed by atoms with Crippen molar-refractivity contribution in [3.8, 4) is 11.8 Å². The highest BCUT2D eigenvalue weighted by molar-refractivity contribution is 5.88. The minimum Gasteiger partial charge on any atom is -0.478 e. The van der Waals surface area contributed by atoms with E-state index in [0.717, 1.165) is 0 Å². The number of ether oxygens (including phenoxy) is 4. The van der Waals surface area contributed by atoms with Crippen LogP contribution in [0.25, 0.3) is 0 Å². The van der Waals surface area contributed by atoms with E-state index in [-0.39, 0.29) is 11.7 Å². The van der Waals surface area contributed by atoms with Gasteiger partial charge in [0.15, 0.2) is 5.69 Å². The van der Waals surface area contributed by atoms with E-state index in [1.807, 2.05) is 13.8 Å². The molecule has 0 radical (unpaired) electrons. The van der Waals surface area contributed by atoms with Crippen molar-refractivity contribution >= 4 is 11.9 Å². The summed E-state index contributed by atoms with van der Waals surface area (Å²) in [5, 5.41) is 7.96. The van der Waals surface area contributed by atoms with Crippen LogP contribution in [0.3, 0.4) is 0 Å². The molecule has 0 aliphatic carbocycles. The Labute approximate surface area is 164 Å². The van der Waals surface area contributed by atoms with Crippen molar-refractivity contribution < 1.29 is 28.5 Å². The van der Waals surface area contributed by atoms with Crippen LogP contribution in [0, 0.1) is 0 Å². The number of hydrogen-bond donors (Lipinski definition) is 0. The quantitative estimate of drug-likeness (QED) is 0.624. The number of aryl methyl sites for hydroxylation is 2. The fourth-order valence-electron chi connectivity index (χ4n) is 2.09. The average Bonchev–Trinajstić information content (AvgIpc) is 3.20. The highest BCUT2D eigenvalue weighted by atomic mass is 16.5. The molecule has 10 heteroatoms. The molecule has 0 aromatic carbocycles. The number of carbonyl (C=O) groups is 2. The van der Waals surface area contributed by atoms with E-state index >= 15 is 0 Å². The monoisotopic (exact) mass is 396 g/mol. The van der Waals surface area contributed by atoms with E-state index in [0.29, 0.717) is 43.9 Å². The predicted molar refractivity (Wildman–Crippen MR) is 101 cm³/mol. The summed E-state index contributed by atoms with van der Waals surface area (Å²) in [5.74, 6) is 0.205. The van der Waals surface area contributed by atoms with Gasteiger partial charge < -0.3 is 18.9 Å². The first-order valence-electron chi connectivity index (χ1n) is 9.05. The summed E-state index contributed by atoms with van der Waals surface area (Å²) in [6.07, 6.45) is 0. The number of esters is 2. The van der Waals surface area contributed by atoms with Crippen LogP contribution in [-0.4, -0.2) is 57.9 Å². The van der Waals surface area contributed by atoms with E-state index in [1.54, 1.807) is 40.1 Å². The molecule has 2 rings (SSSR count). The molecular formula is C18H28N4O6. The van der Waals surface area contributed by atoms with E-state index in [9.17, 15) is 9.59 Å². The van der Waals surface area contributed by atoms with Gasteiger partial charge in [0.05, 0.1) is 26.4 Å². The van der Waals surface area contributed by atoms with E-state index < -0.39 is 5.97 Å². The molecule has 0 bridgehead atoms. The predicted octanol–water partition coefficient (Wildman–Crippen LogP) is 1.99. The van der Waals surface area contributed by atoms with E-state index in [4.69, 9.17) is 18.9 Å². The van der Waals surface area contributed by atoms with Gasteiger partial charge in [-0.1, -0.05) is 0 Å². The first-order chi connectivity index (χ1) is 13.4. The average molecular weight is 396 g/mol. The summed E-state index contributed by atoms with van der Waals surface area (Å²) >= 11 is 0. The van der Waals surface area contributed by atoms with Gasteiger partial charge in [-0.3, -0.25) is 4.68 Å². The molecule has 0 amide bonds. The maximum atomic E-state index is 11.3. The zero-order chi connectivity index (χ0) is 21.1. The van der Waals surface area contributed by atoms with Crippen LogP contribution >= 0.6 is 0 Å². The molecule has 2 heterocycles. The molecule has 0 aliphatic rings. The fourth-order valence-corrected chi connectivity index (χ4v) is 2.09. The molecule has 28 heavy (non-hydrogen) atoms. The number of hydrogen-bond acceptors (Lipinski definition) is 8. The van der Waals surface area contributed by atoms with Gasteiger partial charge >= 0.3 is 11.9 Å². The number of nitrogens with zero attached hydrogens (tertiary/aromatic N) is 4. The van der Waals surface area contributed by atoms with Gasteiger partial charge in [-0.2, -0.15) is 5.10 Å². The first-order valence-corrected chi connectivity index (χ1v) is 9.05. The lowest BCUT2D eigenvalue weighted by atomic mass is 10.4. The number of aromatic nitrogens is 4. The minimum atomic E-state index is -0.422. The molecule has 0 unspecified atom stereocenters. The van der Waals surface area contributed by atoms with Crippen molar-refractivity contribution in [3.63, 3.8) is 0 Å². The highest BCUT2D eigenvalue weighted by Crippen LogP contribution is 2.13. The molecule has 0 saturated heterocycles. The zero-order valence-corrected chi connectivity index (χ0v) is 17.2. The van der Waals surface area contributed by atoms with Gasteiger partial charge in [0, 0.05) is 26.2 Å². The Kier molecular flexibility index (Phi) is 9.55. The molecule has 0 saturated carbocycles.